The van der Waals surface area contributed by atoms with E-state index in [2.05, 4.69) is 34.8 Å². The highest BCUT2D eigenvalue weighted by Crippen LogP contribution is 2.29. The van der Waals surface area contributed by atoms with Crippen molar-refractivity contribution in [3.63, 3.8) is 0 Å². The number of hydrogen-bond donors (Lipinski definition) is 1. The highest BCUT2D eigenvalue weighted by molar-refractivity contribution is 6.48. The largest absolute Gasteiger partial charge is 0.481 e. The van der Waals surface area contributed by atoms with Crippen LogP contribution in [0, 0.1) is 0 Å². The lowest BCUT2D eigenvalue weighted by atomic mass is 10.3. The van der Waals surface area contributed by atoms with Crippen molar-refractivity contribution in [1.29, 1.82) is 0 Å². The summed E-state index contributed by atoms with van der Waals surface area (Å²) < 4.78 is 45.0. The van der Waals surface area contributed by atoms with Gasteiger partial charge in [0.05, 0.1) is 0 Å². The number of alkyl halides is 7. The van der Waals surface area contributed by atoms with Crippen molar-refractivity contribution in [3.8, 4) is 0 Å². The van der Waals surface area contributed by atoms with E-state index < -0.39 is 34.8 Å². The normalized spacial score (nSPS) is 11.1. The first-order valence-electron chi connectivity index (χ1n) is 3.36. The molecule has 96 valence electrons. The molecule has 3 nitrogen and oxygen atoms in total. The summed E-state index contributed by atoms with van der Waals surface area (Å²) in [5.74, 6) is -3.08. The highest BCUT2D eigenvalue weighted by atomic mass is 35.5. The fraction of sp³-hybridized carbons (Fsp3) is 0.667. The maximum absolute atomic E-state index is 11.3. The average molecular weight is 307 g/mol. The zero-order chi connectivity index (χ0) is 13.5. The summed E-state index contributed by atoms with van der Waals surface area (Å²) in [6.07, 6.45) is -4.27. The molecule has 0 aromatic carbocycles. The number of carboxylic acids is 1. The molecule has 0 spiro atoms. The van der Waals surface area contributed by atoms with E-state index in [1.807, 2.05) is 0 Å². The van der Waals surface area contributed by atoms with Gasteiger partial charge in [-0.3, -0.25) is 9.59 Å². The van der Waals surface area contributed by atoms with Crippen LogP contribution in [0.3, 0.4) is 0 Å². The van der Waals surface area contributed by atoms with Crippen LogP contribution in [0.4, 0.5) is 17.6 Å². The quantitative estimate of drug-likeness (QED) is 0.493. The second-order valence-corrected chi connectivity index (χ2v) is 3.78. The van der Waals surface area contributed by atoms with Crippen LogP contribution in [0.2, 0.25) is 0 Å². The molecule has 0 aliphatic rings. The molecule has 10 heteroatoms. The number of ketones is 1. The summed E-state index contributed by atoms with van der Waals surface area (Å²) in [5.41, 5.74) is 0. The molecule has 0 saturated heterocycles. The van der Waals surface area contributed by atoms with E-state index in [9.17, 15) is 27.2 Å². The van der Waals surface area contributed by atoms with Crippen molar-refractivity contribution in [1.82, 2.24) is 0 Å². The van der Waals surface area contributed by atoms with Crippen LogP contribution in [0.5, 0.6) is 0 Å². The number of carbonyl (C=O) groups is 2. The Hall–Kier alpha value is -0.270. The predicted molar refractivity (Wildman–Crippen MR) is 49.6 cm³/mol. The number of aliphatic carboxylic acids is 1. The van der Waals surface area contributed by atoms with Crippen LogP contribution in [0.1, 0.15) is 6.42 Å². The van der Waals surface area contributed by atoms with Crippen molar-refractivity contribution < 1.29 is 32.3 Å². The Kier molecular flexibility index (Phi) is 8.96. The van der Waals surface area contributed by atoms with E-state index in [1.165, 1.54) is 0 Å². The number of carbonyl (C=O) groups excluding carboxylic acids is 1. The smallest absolute Gasteiger partial charge is 0.351 e. The Morgan fingerprint density at radius 1 is 1.25 bits per heavy atom. The molecular weight excluding hydrogens is 302 g/mol. The Morgan fingerprint density at radius 3 is 1.62 bits per heavy atom. The molecule has 0 rings (SSSR count). The van der Waals surface area contributed by atoms with E-state index in [1.54, 1.807) is 0 Å². The molecule has 0 aliphatic carbocycles. The topological polar surface area (TPSA) is 54.4 Å². The zero-order valence-corrected chi connectivity index (χ0v) is 9.54. The van der Waals surface area contributed by atoms with Crippen molar-refractivity contribution >= 4 is 46.6 Å². The number of Topliss-reactive ketones (excluding diaryl/α,β-unsaturated/α-hetero) is 1. The molecule has 0 atom stereocenters. The van der Waals surface area contributed by atoms with Crippen LogP contribution in [-0.4, -0.2) is 33.5 Å². The molecule has 0 bridgehead atoms. The van der Waals surface area contributed by atoms with Crippen LogP contribution < -0.4 is 0 Å². The van der Waals surface area contributed by atoms with Gasteiger partial charge in [0.2, 0.25) is 5.78 Å². The Balaban J connectivity index is 0. The SMILES string of the molecule is FC(F)(Cl)C(Cl)Cl.O=C(O)CC(=O)C(F)F. The van der Waals surface area contributed by atoms with Gasteiger partial charge in [0.15, 0.2) is 4.84 Å². The van der Waals surface area contributed by atoms with E-state index in [0.29, 0.717) is 0 Å². The minimum Gasteiger partial charge on any atom is -0.481 e. The van der Waals surface area contributed by atoms with Gasteiger partial charge in [-0.1, -0.05) is 23.2 Å². The number of rotatable bonds is 4. The van der Waals surface area contributed by atoms with Gasteiger partial charge in [0.1, 0.15) is 6.42 Å². The van der Waals surface area contributed by atoms with Crippen LogP contribution in [0.15, 0.2) is 0 Å². The van der Waals surface area contributed by atoms with Gasteiger partial charge in [0.25, 0.3) is 6.43 Å². The molecule has 0 heterocycles. The lowest BCUT2D eigenvalue weighted by Gasteiger charge is -2.05. The molecule has 16 heavy (non-hydrogen) atoms. The van der Waals surface area contributed by atoms with Crippen LogP contribution in [0.25, 0.3) is 0 Å². The Bertz CT molecular complexity index is 242. The molecule has 0 amide bonds. The maximum Gasteiger partial charge on any atom is 0.351 e. The zero-order valence-electron chi connectivity index (χ0n) is 7.27. The minimum atomic E-state index is -3.50. The van der Waals surface area contributed by atoms with Gasteiger partial charge < -0.3 is 5.11 Å². The molecule has 0 aromatic heterocycles. The molecule has 0 saturated carbocycles. The first kappa shape index (κ1) is 18.1. The highest BCUT2D eigenvalue weighted by Gasteiger charge is 2.33. The van der Waals surface area contributed by atoms with Crippen molar-refractivity contribution in [2.24, 2.45) is 0 Å². The average Bonchev–Trinajstić information content (AvgIpc) is 2.01. The van der Waals surface area contributed by atoms with Crippen molar-refractivity contribution in [3.05, 3.63) is 0 Å². The van der Waals surface area contributed by atoms with E-state index >= 15 is 0 Å². The third-order valence-corrected chi connectivity index (χ3v) is 1.81. The summed E-state index contributed by atoms with van der Waals surface area (Å²) in [5, 5.41) is 4.28. The van der Waals surface area contributed by atoms with E-state index in [-0.39, 0.29) is 0 Å². The summed E-state index contributed by atoms with van der Waals surface area (Å²) in [4.78, 5) is 17.6. The molecule has 0 radical (unpaired) electrons. The predicted octanol–water partition coefficient (Wildman–Crippen LogP) is 2.92. The molecular formula is C6H5Cl3F4O3. The molecule has 0 unspecified atom stereocenters. The third-order valence-electron chi connectivity index (χ3n) is 0.816. The van der Waals surface area contributed by atoms with Gasteiger partial charge in [-0.25, -0.2) is 8.78 Å². The Morgan fingerprint density at radius 2 is 1.56 bits per heavy atom. The van der Waals surface area contributed by atoms with Gasteiger partial charge >= 0.3 is 11.4 Å². The van der Waals surface area contributed by atoms with E-state index in [4.69, 9.17) is 5.11 Å². The number of halogens is 7. The second-order valence-electron chi connectivity index (χ2n) is 2.18. The standard InChI is InChI=1S/C4H4F2O3.C2HCl3F2/c5-4(6)2(7)1-3(8)9;3-1(4)2(5,6)7/h4H,1H2,(H,8,9);1H. The van der Waals surface area contributed by atoms with E-state index in [0.717, 1.165) is 0 Å². The van der Waals surface area contributed by atoms with Gasteiger partial charge in [0, 0.05) is 0 Å². The molecule has 0 aliphatic heterocycles. The summed E-state index contributed by atoms with van der Waals surface area (Å²) in [6.45, 7) is 0. The van der Waals surface area contributed by atoms with Gasteiger partial charge in [-0.05, 0) is 11.6 Å². The number of carboxylic acid groups (broad SMARTS) is 1. The molecule has 0 fully saturated rings. The first-order valence-corrected chi connectivity index (χ1v) is 4.61. The fourth-order valence-electron chi connectivity index (χ4n) is 0.226. The molecule has 0 aromatic rings. The number of hydrogen-bond acceptors (Lipinski definition) is 2. The lowest BCUT2D eigenvalue weighted by molar-refractivity contribution is -0.143. The molecule has 1 N–H and O–H groups in total. The van der Waals surface area contributed by atoms with Gasteiger partial charge in [-0.15, -0.1) is 0 Å². The third kappa shape index (κ3) is 11.8. The van der Waals surface area contributed by atoms with Crippen molar-refractivity contribution in [2.75, 3.05) is 0 Å². The first-order chi connectivity index (χ1) is 6.98. The van der Waals surface area contributed by atoms with Crippen LogP contribution >= 0.6 is 34.8 Å². The van der Waals surface area contributed by atoms with Gasteiger partial charge in [-0.2, -0.15) is 8.78 Å². The summed E-state index contributed by atoms with van der Waals surface area (Å²) in [7, 11) is 0. The Labute approximate surface area is 102 Å². The monoisotopic (exact) mass is 306 g/mol. The maximum atomic E-state index is 11.3. The minimum absolute atomic E-state index is 1.10. The van der Waals surface area contributed by atoms with Crippen LogP contribution in [-0.2, 0) is 9.59 Å². The lowest BCUT2D eigenvalue weighted by Crippen LogP contribution is -2.15. The second kappa shape index (κ2) is 7.92. The summed E-state index contributed by atoms with van der Waals surface area (Å²) >= 11 is 13.5. The fourth-order valence-corrected chi connectivity index (χ4v) is 0.226. The van der Waals surface area contributed by atoms with Crippen molar-refractivity contribution in [2.45, 2.75) is 23.1 Å². The summed E-state index contributed by atoms with van der Waals surface area (Å²) in [6, 6.07) is 0.